The topological polar surface area (TPSA) is 58.8 Å². The van der Waals surface area contributed by atoms with Crippen molar-refractivity contribution in [1.29, 1.82) is 0 Å². The molecule has 1 aliphatic heterocycles. The molecule has 0 spiro atoms. The highest BCUT2D eigenvalue weighted by Crippen LogP contribution is 2.17. The van der Waals surface area contributed by atoms with Gasteiger partial charge in [0.05, 0.1) is 12.3 Å². The first-order chi connectivity index (χ1) is 13.1. The second-order valence-corrected chi connectivity index (χ2v) is 6.74. The second kappa shape index (κ2) is 8.86. The molecule has 2 aromatic rings. The number of nitrogens with zero attached hydrogens (tertiary/aromatic N) is 3. The van der Waals surface area contributed by atoms with E-state index in [9.17, 15) is 4.79 Å². The van der Waals surface area contributed by atoms with Gasteiger partial charge in [0, 0.05) is 44.4 Å². The molecular formula is C21H27N3O3. The SMILES string of the molecule is CCOc1ccc(C=CC(=O)N2CCN(Cc3c(C)noc3C)CC2)cc1. The summed E-state index contributed by atoms with van der Waals surface area (Å²) >= 11 is 0. The van der Waals surface area contributed by atoms with Crippen LogP contribution in [0.1, 0.15) is 29.5 Å². The van der Waals surface area contributed by atoms with Gasteiger partial charge in [0.1, 0.15) is 11.5 Å². The number of ether oxygens (including phenoxy) is 1. The standard InChI is InChI=1S/C21H27N3O3/c1-4-26-19-8-5-18(6-9-19)7-10-21(25)24-13-11-23(12-14-24)15-20-16(2)22-27-17(20)3/h5-10H,4,11-15H2,1-3H3. The van der Waals surface area contributed by atoms with Crippen LogP contribution in [0.3, 0.4) is 0 Å². The number of carbonyl (C=O) groups excluding carboxylic acids is 1. The average molecular weight is 369 g/mol. The van der Waals surface area contributed by atoms with E-state index in [1.807, 2.05) is 56.0 Å². The van der Waals surface area contributed by atoms with Crippen LogP contribution in [0.2, 0.25) is 0 Å². The van der Waals surface area contributed by atoms with Gasteiger partial charge < -0.3 is 14.2 Å². The fourth-order valence-corrected chi connectivity index (χ4v) is 3.19. The van der Waals surface area contributed by atoms with Crippen LogP contribution in [0.5, 0.6) is 5.75 Å². The summed E-state index contributed by atoms with van der Waals surface area (Å²) in [5.74, 6) is 1.78. The van der Waals surface area contributed by atoms with Crippen LogP contribution in [0.15, 0.2) is 34.9 Å². The molecule has 0 bridgehead atoms. The summed E-state index contributed by atoms with van der Waals surface area (Å²) in [5, 5.41) is 4.01. The summed E-state index contributed by atoms with van der Waals surface area (Å²) in [4.78, 5) is 16.7. The lowest BCUT2D eigenvalue weighted by Crippen LogP contribution is -2.47. The Hall–Kier alpha value is -2.60. The Morgan fingerprint density at radius 3 is 2.48 bits per heavy atom. The monoisotopic (exact) mass is 369 g/mol. The third kappa shape index (κ3) is 4.98. The van der Waals surface area contributed by atoms with Crippen LogP contribution in [0.4, 0.5) is 0 Å². The normalized spacial score (nSPS) is 15.4. The Kier molecular flexibility index (Phi) is 6.29. The molecule has 1 aromatic heterocycles. The molecule has 1 fully saturated rings. The second-order valence-electron chi connectivity index (χ2n) is 6.74. The van der Waals surface area contributed by atoms with Gasteiger partial charge >= 0.3 is 0 Å². The minimum absolute atomic E-state index is 0.0564. The number of benzene rings is 1. The zero-order valence-corrected chi connectivity index (χ0v) is 16.3. The van der Waals surface area contributed by atoms with Crippen molar-refractivity contribution in [2.75, 3.05) is 32.8 Å². The molecule has 0 radical (unpaired) electrons. The Morgan fingerprint density at radius 1 is 1.19 bits per heavy atom. The molecule has 6 nitrogen and oxygen atoms in total. The molecule has 1 saturated heterocycles. The van der Waals surface area contributed by atoms with Crippen molar-refractivity contribution < 1.29 is 14.1 Å². The summed E-state index contributed by atoms with van der Waals surface area (Å²) in [7, 11) is 0. The number of aromatic nitrogens is 1. The summed E-state index contributed by atoms with van der Waals surface area (Å²) in [6.07, 6.45) is 3.51. The van der Waals surface area contributed by atoms with Gasteiger partial charge in [-0.15, -0.1) is 0 Å². The molecule has 2 heterocycles. The van der Waals surface area contributed by atoms with Crippen molar-refractivity contribution in [2.24, 2.45) is 0 Å². The fraction of sp³-hybridized carbons (Fsp3) is 0.429. The summed E-state index contributed by atoms with van der Waals surface area (Å²) in [5.41, 5.74) is 3.10. The number of rotatable bonds is 6. The maximum absolute atomic E-state index is 12.4. The average Bonchev–Trinajstić information content (AvgIpc) is 3.00. The predicted octanol–water partition coefficient (Wildman–Crippen LogP) is 3.05. The maximum Gasteiger partial charge on any atom is 0.246 e. The Bertz CT molecular complexity index is 768. The number of carbonyl (C=O) groups is 1. The maximum atomic E-state index is 12.4. The smallest absolute Gasteiger partial charge is 0.246 e. The minimum atomic E-state index is 0.0564. The van der Waals surface area contributed by atoms with Crippen LogP contribution in [-0.2, 0) is 11.3 Å². The molecule has 144 valence electrons. The van der Waals surface area contributed by atoms with Crippen molar-refractivity contribution in [3.63, 3.8) is 0 Å². The molecule has 27 heavy (non-hydrogen) atoms. The summed E-state index contributed by atoms with van der Waals surface area (Å²) in [6.45, 7) is 10.5. The van der Waals surface area contributed by atoms with Gasteiger partial charge in [0.15, 0.2) is 0 Å². The number of hydrogen-bond donors (Lipinski definition) is 0. The van der Waals surface area contributed by atoms with Crippen LogP contribution < -0.4 is 4.74 Å². The lowest BCUT2D eigenvalue weighted by Gasteiger charge is -2.34. The molecule has 3 rings (SSSR count). The zero-order chi connectivity index (χ0) is 19.2. The van der Waals surface area contributed by atoms with Crippen LogP contribution in [0, 0.1) is 13.8 Å². The first-order valence-corrected chi connectivity index (χ1v) is 9.40. The summed E-state index contributed by atoms with van der Waals surface area (Å²) < 4.78 is 10.7. The Morgan fingerprint density at radius 2 is 1.89 bits per heavy atom. The highest BCUT2D eigenvalue weighted by atomic mass is 16.5. The van der Waals surface area contributed by atoms with Crippen LogP contribution >= 0.6 is 0 Å². The van der Waals surface area contributed by atoms with E-state index in [0.717, 1.165) is 61.1 Å². The van der Waals surface area contributed by atoms with Crippen LogP contribution in [0.25, 0.3) is 6.08 Å². The van der Waals surface area contributed by atoms with Gasteiger partial charge in [-0.1, -0.05) is 17.3 Å². The first-order valence-electron chi connectivity index (χ1n) is 9.40. The molecule has 0 aliphatic carbocycles. The molecule has 0 unspecified atom stereocenters. The number of piperazine rings is 1. The van der Waals surface area contributed by atoms with E-state index in [2.05, 4.69) is 10.1 Å². The molecule has 0 saturated carbocycles. The van der Waals surface area contributed by atoms with E-state index in [1.54, 1.807) is 6.08 Å². The highest BCUT2D eigenvalue weighted by molar-refractivity contribution is 5.91. The lowest BCUT2D eigenvalue weighted by molar-refractivity contribution is -0.127. The van der Waals surface area contributed by atoms with Gasteiger partial charge in [-0.3, -0.25) is 9.69 Å². The van der Waals surface area contributed by atoms with Crippen molar-refractivity contribution in [3.05, 3.63) is 52.9 Å². The lowest BCUT2D eigenvalue weighted by atomic mass is 10.1. The van der Waals surface area contributed by atoms with E-state index >= 15 is 0 Å². The Balaban J connectivity index is 1.49. The molecule has 0 atom stereocenters. The number of amides is 1. The predicted molar refractivity (Wildman–Crippen MR) is 104 cm³/mol. The number of hydrogen-bond acceptors (Lipinski definition) is 5. The highest BCUT2D eigenvalue weighted by Gasteiger charge is 2.21. The van der Waals surface area contributed by atoms with Gasteiger partial charge in [-0.25, -0.2) is 0 Å². The van der Waals surface area contributed by atoms with Gasteiger partial charge in [-0.2, -0.15) is 0 Å². The van der Waals surface area contributed by atoms with Gasteiger partial charge in [0.25, 0.3) is 0 Å². The summed E-state index contributed by atoms with van der Waals surface area (Å²) in [6, 6.07) is 7.74. The fourth-order valence-electron chi connectivity index (χ4n) is 3.19. The van der Waals surface area contributed by atoms with Crippen molar-refractivity contribution in [1.82, 2.24) is 15.0 Å². The van der Waals surface area contributed by atoms with Gasteiger partial charge in [0.2, 0.25) is 5.91 Å². The minimum Gasteiger partial charge on any atom is -0.494 e. The molecule has 6 heteroatoms. The zero-order valence-electron chi connectivity index (χ0n) is 16.3. The number of aryl methyl sites for hydroxylation is 2. The van der Waals surface area contributed by atoms with E-state index in [1.165, 1.54) is 0 Å². The first kappa shape index (κ1) is 19.2. The van der Waals surface area contributed by atoms with E-state index in [4.69, 9.17) is 9.26 Å². The van der Waals surface area contributed by atoms with E-state index in [-0.39, 0.29) is 5.91 Å². The third-order valence-electron chi connectivity index (χ3n) is 4.86. The molecule has 1 aliphatic rings. The quantitative estimate of drug-likeness (QED) is 0.733. The van der Waals surface area contributed by atoms with Crippen molar-refractivity contribution in [2.45, 2.75) is 27.3 Å². The van der Waals surface area contributed by atoms with Crippen molar-refractivity contribution >= 4 is 12.0 Å². The van der Waals surface area contributed by atoms with Gasteiger partial charge in [-0.05, 0) is 44.5 Å². The van der Waals surface area contributed by atoms with E-state index in [0.29, 0.717) is 6.61 Å². The van der Waals surface area contributed by atoms with E-state index < -0.39 is 0 Å². The third-order valence-corrected chi connectivity index (χ3v) is 4.86. The Labute approximate surface area is 160 Å². The molecular weight excluding hydrogens is 342 g/mol. The molecule has 0 N–H and O–H groups in total. The largest absolute Gasteiger partial charge is 0.494 e. The van der Waals surface area contributed by atoms with Crippen LogP contribution in [-0.4, -0.2) is 53.6 Å². The van der Waals surface area contributed by atoms with Crippen molar-refractivity contribution in [3.8, 4) is 5.75 Å². The molecule has 1 amide bonds. The molecule has 1 aromatic carbocycles.